The van der Waals surface area contributed by atoms with Gasteiger partial charge in [-0.05, 0) is 54.4 Å². The van der Waals surface area contributed by atoms with Gasteiger partial charge in [0.05, 0.1) is 0 Å². The molecule has 3 N–H and O–H groups in total. The minimum Gasteiger partial charge on any atom is -0.303 e. The van der Waals surface area contributed by atoms with E-state index in [4.69, 9.17) is 19.2 Å². The van der Waals surface area contributed by atoms with E-state index in [0.717, 1.165) is 5.92 Å². The highest BCUT2D eigenvalue weighted by Crippen LogP contribution is 2.46. The van der Waals surface area contributed by atoms with Gasteiger partial charge in [-0.25, -0.2) is 4.57 Å². The Morgan fingerprint density at radius 2 is 1.56 bits per heavy atom. The van der Waals surface area contributed by atoms with E-state index < -0.39 is 7.82 Å². The number of fused-ring (bicyclic) bond motifs is 2. The molecule has 1 fully saturated rings. The lowest BCUT2D eigenvalue weighted by atomic mass is 9.69. The van der Waals surface area contributed by atoms with Crippen molar-refractivity contribution in [2.45, 2.75) is 44.4 Å². The molecule has 4 nitrogen and oxygen atoms in total. The Kier molecular flexibility index (Phi) is 5.75. The van der Waals surface area contributed by atoms with Crippen molar-refractivity contribution in [2.75, 3.05) is 0 Å². The van der Waals surface area contributed by atoms with Gasteiger partial charge in [0, 0.05) is 5.92 Å². The Balaban J connectivity index is 0.000000324. The van der Waals surface area contributed by atoms with Crippen molar-refractivity contribution in [2.24, 2.45) is 5.92 Å². The number of hydrogen-bond acceptors (Lipinski definition) is 1. The second kappa shape index (κ2) is 7.84. The minimum absolute atomic E-state index is 0.681. The minimum atomic E-state index is -4.64. The van der Waals surface area contributed by atoms with E-state index >= 15 is 0 Å². The predicted octanol–water partition coefficient (Wildman–Crippen LogP) is 4.91. The highest BCUT2D eigenvalue weighted by atomic mass is 31.2. The summed E-state index contributed by atoms with van der Waals surface area (Å²) in [5.74, 6) is 1.56. The fourth-order valence-electron chi connectivity index (χ4n) is 4.33. The lowest BCUT2D eigenvalue weighted by molar-refractivity contribution is 0.275. The number of allylic oxidation sites excluding steroid dienone is 2. The second-order valence-electron chi connectivity index (χ2n) is 6.90. The Hall–Kier alpha value is -1.45. The Morgan fingerprint density at radius 3 is 2.36 bits per heavy atom. The molecule has 0 aliphatic heterocycles. The van der Waals surface area contributed by atoms with Crippen LogP contribution in [-0.2, 0) is 4.57 Å². The van der Waals surface area contributed by atoms with Crippen LogP contribution in [0.2, 0.25) is 0 Å². The first-order valence-electron chi connectivity index (χ1n) is 8.89. The van der Waals surface area contributed by atoms with Crippen molar-refractivity contribution in [3.63, 3.8) is 0 Å². The molecular formula is C20H25O4P. The molecule has 2 unspecified atom stereocenters. The molecule has 5 heteroatoms. The Bertz CT molecular complexity index is 795. The topological polar surface area (TPSA) is 77.8 Å². The molecule has 0 radical (unpaired) electrons. The quantitative estimate of drug-likeness (QED) is 0.499. The van der Waals surface area contributed by atoms with E-state index in [1.807, 2.05) is 0 Å². The van der Waals surface area contributed by atoms with Crippen molar-refractivity contribution in [1.82, 2.24) is 0 Å². The van der Waals surface area contributed by atoms with Crippen LogP contribution in [0.3, 0.4) is 0 Å². The molecule has 2 aromatic carbocycles. The van der Waals surface area contributed by atoms with E-state index in [9.17, 15) is 0 Å². The van der Waals surface area contributed by atoms with Crippen molar-refractivity contribution < 1.29 is 19.2 Å². The Labute approximate surface area is 148 Å². The maximum Gasteiger partial charge on any atom is 0.466 e. The van der Waals surface area contributed by atoms with Gasteiger partial charge in [-0.2, -0.15) is 0 Å². The summed E-state index contributed by atoms with van der Waals surface area (Å²) in [6.07, 6.45) is 10.9. The van der Waals surface area contributed by atoms with E-state index in [-0.39, 0.29) is 0 Å². The molecule has 2 aliphatic rings. The van der Waals surface area contributed by atoms with Gasteiger partial charge in [-0.1, -0.05) is 60.5 Å². The highest BCUT2D eigenvalue weighted by Gasteiger charge is 2.30. The molecule has 2 aromatic rings. The molecule has 0 heterocycles. The van der Waals surface area contributed by atoms with Crippen LogP contribution in [0.1, 0.15) is 50.0 Å². The molecule has 0 aromatic heterocycles. The zero-order valence-electron chi connectivity index (χ0n) is 14.2. The van der Waals surface area contributed by atoms with Gasteiger partial charge in [-0.15, -0.1) is 0 Å². The molecule has 25 heavy (non-hydrogen) atoms. The monoisotopic (exact) mass is 360 g/mol. The number of phosphoric acid groups is 1. The molecule has 0 spiro atoms. The molecule has 4 rings (SSSR count). The van der Waals surface area contributed by atoms with Crippen LogP contribution in [0, 0.1) is 5.92 Å². The first-order valence-corrected chi connectivity index (χ1v) is 10.5. The SMILES string of the molecule is C1=C2C(CCC1)CCCC2c1cccc2ccccc12.O=P(O)(O)O. The molecule has 1 saturated carbocycles. The number of rotatable bonds is 1. The summed E-state index contributed by atoms with van der Waals surface area (Å²) in [4.78, 5) is 21.6. The zero-order valence-corrected chi connectivity index (χ0v) is 15.1. The van der Waals surface area contributed by atoms with Crippen LogP contribution in [0.25, 0.3) is 10.8 Å². The lowest BCUT2D eigenvalue weighted by Crippen LogP contribution is -2.20. The normalized spacial score (nSPS) is 23.2. The molecule has 2 aliphatic carbocycles. The van der Waals surface area contributed by atoms with Gasteiger partial charge < -0.3 is 14.7 Å². The van der Waals surface area contributed by atoms with Crippen molar-refractivity contribution in [3.8, 4) is 0 Å². The van der Waals surface area contributed by atoms with E-state index in [0.29, 0.717) is 5.92 Å². The summed E-state index contributed by atoms with van der Waals surface area (Å²) < 4.78 is 8.88. The molecule has 0 saturated heterocycles. The van der Waals surface area contributed by atoms with Gasteiger partial charge in [-0.3, -0.25) is 0 Å². The number of benzene rings is 2. The molecule has 0 amide bonds. The predicted molar refractivity (Wildman–Crippen MR) is 100 cm³/mol. The smallest absolute Gasteiger partial charge is 0.303 e. The van der Waals surface area contributed by atoms with Crippen LogP contribution in [0.15, 0.2) is 54.1 Å². The summed E-state index contributed by atoms with van der Waals surface area (Å²) in [7, 11) is -4.64. The molecule has 134 valence electrons. The van der Waals surface area contributed by atoms with Crippen LogP contribution in [0.5, 0.6) is 0 Å². The number of hydrogen-bond donors (Lipinski definition) is 3. The summed E-state index contributed by atoms with van der Waals surface area (Å²) in [5, 5.41) is 2.86. The Morgan fingerprint density at radius 1 is 0.880 bits per heavy atom. The standard InChI is InChI=1S/C20H22.H3O4P/c1-3-11-17-15(7-1)9-5-13-19(17)20-14-6-10-16-8-2-4-12-18(16)20;1-5(2,3)4/h1,3,5,7,9,11-13,16,20H,2,4,6,8,10,14H2;(H3,1,2,3,4). The average molecular weight is 360 g/mol. The molecular weight excluding hydrogens is 335 g/mol. The van der Waals surface area contributed by atoms with E-state index in [2.05, 4.69) is 48.5 Å². The van der Waals surface area contributed by atoms with Crippen molar-refractivity contribution in [3.05, 3.63) is 59.7 Å². The van der Waals surface area contributed by atoms with Crippen LogP contribution < -0.4 is 0 Å². The summed E-state index contributed by atoms with van der Waals surface area (Å²) in [5.41, 5.74) is 3.33. The first kappa shape index (κ1) is 18.3. The summed E-state index contributed by atoms with van der Waals surface area (Å²) in [6, 6.07) is 15.7. The molecule has 0 bridgehead atoms. The molecule has 2 atom stereocenters. The van der Waals surface area contributed by atoms with Crippen LogP contribution >= 0.6 is 7.82 Å². The largest absolute Gasteiger partial charge is 0.466 e. The van der Waals surface area contributed by atoms with Crippen LogP contribution in [0.4, 0.5) is 0 Å². The van der Waals surface area contributed by atoms with Gasteiger partial charge in [0.15, 0.2) is 0 Å². The van der Waals surface area contributed by atoms with Crippen LogP contribution in [-0.4, -0.2) is 14.7 Å². The maximum atomic E-state index is 8.88. The fraction of sp³-hybridized carbons (Fsp3) is 0.400. The zero-order chi connectivity index (χ0) is 17.9. The third-order valence-electron chi connectivity index (χ3n) is 5.25. The first-order chi connectivity index (χ1) is 11.9. The van der Waals surface area contributed by atoms with E-state index in [1.165, 1.54) is 49.3 Å². The average Bonchev–Trinajstić information content (AvgIpc) is 2.59. The summed E-state index contributed by atoms with van der Waals surface area (Å²) >= 11 is 0. The van der Waals surface area contributed by atoms with Gasteiger partial charge in [0.25, 0.3) is 0 Å². The van der Waals surface area contributed by atoms with Crippen molar-refractivity contribution >= 4 is 18.6 Å². The van der Waals surface area contributed by atoms with Gasteiger partial charge >= 0.3 is 7.82 Å². The maximum absolute atomic E-state index is 8.88. The fourth-order valence-corrected chi connectivity index (χ4v) is 4.33. The summed E-state index contributed by atoms with van der Waals surface area (Å²) in [6.45, 7) is 0. The third kappa shape index (κ3) is 4.80. The van der Waals surface area contributed by atoms with Crippen molar-refractivity contribution in [1.29, 1.82) is 0 Å². The second-order valence-corrected chi connectivity index (χ2v) is 7.92. The third-order valence-corrected chi connectivity index (χ3v) is 5.25. The van der Waals surface area contributed by atoms with Gasteiger partial charge in [0.1, 0.15) is 0 Å². The van der Waals surface area contributed by atoms with E-state index in [1.54, 1.807) is 11.1 Å². The lowest BCUT2D eigenvalue weighted by Gasteiger charge is -2.36. The van der Waals surface area contributed by atoms with Gasteiger partial charge in [0.2, 0.25) is 0 Å². The highest BCUT2D eigenvalue weighted by molar-refractivity contribution is 7.45.